The first kappa shape index (κ1) is 17.0. The number of aryl methyl sites for hydroxylation is 2. The molecule has 7 heteroatoms. The van der Waals surface area contributed by atoms with Gasteiger partial charge in [0.1, 0.15) is 0 Å². The molecule has 0 aliphatic carbocycles. The summed E-state index contributed by atoms with van der Waals surface area (Å²) in [5.41, 5.74) is 2.92. The number of imide groups is 1. The monoisotopic (exact) mass is 356 g/mol. The summed E-state index contributed by atoms with van der Waals surface area (Å²) >= 11 is 0.835. The highest BCUT2D eigenvalue weighted by Gasteiger charge is 2.41. The molecule has 1 atom stereocenters. The van der Waals surface area contributed by atoms with E-state index >= 15 is 0 Å². The van der Waals surface area contributed by atoms with E-state index in [0.717, 1.165) is 27.8 Å². The number of nitrogens with zero attached hydrogens (tertiary/aromatic N) is 1. The average molecular weight is 356 g/mol. The van der Waals surface area contributed by atoms with E-state index in [1.54, 1.807) is 30.3 Å². The van der Waals surface area contributed by atoms with Crippen molar-refractivity contribution in [2.75, 3.05) is 10.2 Å². The third kappa shape index (κ3) is 3.23. The van der Waals surface area contributed by atoms with Crippen LogP contribution in [-0.4, -0.2) is 27.6 Å². The van der Waals surface area contributed by atoms with Crippen molar-refractivity contribution in [2.24, 2.45) is 0 Å². The summed E-state index contributed by atoms with van der Waals surface area (Å²) in [6, 6.07) is 11.7. The van der Waals surface area contributed by atoms with Gasteiger partial charge in [-0.05, 0) is 61.0 Å². The number of para-hydroxylation sites is 1. The third-order valence-corrected chi connectivity index (χ3v) is 4.98. The van der Waals surface area contributed by atoms with Gasteiger partial charge in [0.25, 0.3) is 11.1 Å². The largest absolute Gasteiger partial charge is 0.478 e. The van der Waals surface area contributed by atoms with Crippen LogP contribution in [0.25, 0.3) is 0 Å². The molecule has 25 heavy (non-hydrogen) atoms. The molecule has 2 aromatic rings. The second-order valence-electron chi connectivity index (χ2n) is 5.70. The third-order valence-electron chi connectivity index (χ3n) is 4.04. The standard InChI is InChI=1S/C18H16N2O4S/c1-10-7-8-12(9-11(10)2)20-16(21)15(25-18(20)24)19-14-6-4-3-5-13(14)17(22)23/h3-9,15,19H,1-2H3,(H,22,23)/t15-/m1/s1. The molecule has 1 fully saturated rings. The van der Waals surface area contributed by atoms with E-state index in [1.165, 1.54) is 6.07 Å². The lowest BCUT2D eigenvalue weighted by atomic mass is 10.1. The maximum Gasteiger partial charge on any atom is 0.337 e. The highest BCUT2D eigenvalue weighted by molar-refractivity contribution is 8.16. The minimum absolute atomic E-state index is 0.0491. The molecular formula is C18H16N2O4S. The Bertz CT molecular complexity index is 881. The Labute approximate surface area is 148 Å². The Morgan fingerprint density at radius 3 is 2.52 bits per heavy atom. The van der Waals surface area contributed by atoms with Gasteiger partial charge < -0.3 is 10.4 Å². The number of rotatable bonds is 4. The van der Waals surface area contributed by atoms with Gasteiger partial charge >= 0.3 is 5.97 Å². The lowest BCUT2D eigenvalue weighted by molar-refractivity contribution is -0.116. The Kier molecular flexibility index (Phi) is 4.50. The molecule has 2 N–H and O–H groups in total. The number of carbonyl (C=O) groups excluding carboxylic acids is 2. The van der Waals surface area contributed by atoms with Crippen LogP contribution in [0, 0.1) is 13.8 Å². The fourth-order valence-electron chi connectivity index (χ4n) is 2.54. The Morgan fingerprint density at radius 1 is 1.12 bits per heavy atom. The first-order valence-electron chi connectivity index (χ1n) is 7.59. The molecule has 0 aromatic heterocycles. The molecule has 128 valence electrons. The van der Waals surface area contributed by atoms with Crippen LogP contribution in [0.3, 0.4) is 0 Å². The van der Waals surface area contributed by atoms with Gasteiger partial charge in [-0.1, -0.05) is 18.2 Å². The zero-order chi connectivity index (χ0) is 18.1. The molecule has 0 radical (unpaired) electrons. The van der Waals surface area contributed by atoms with E-state index in [4.69, 9.17) is 0 Å². The zero-order valence-corrected chi connectivity index (χ0v) is 14.5. The van der Waals surface area contributed by atoms with Crippen molar-refractivity contribution in [2.45, 2.75) is 19.2 Å². The van der Waals surface area contributed by atoms with Crippen molar-refractivity contribution in [3.8, 4) is 0 Å². The Balaban J connectivity index is 1.87. The smallest absolute Gasteiger partial charge is 0.337 e. The molecule has 6 nitrogen and oxygen atoms in total. The van der Waals surface area contributed by atoms with Crippen LogP contribution < -0.4 is 10.2 Å². The van der Waals surface area contributed by atoms with Crippen molar-refractivity contribution in [3.05, 3.63) is 59.2 Å². The number of carbonyl (C=O) groups is 3. The first-order chi connectivity index (χ1) is 11.9. The van der Waals surface area contributed by atoms with E-state index in [0.29, 0.717) is 11.4 Å². The van der Waals surface area contributed by atoms with Crippen LogP contribution in [0.5, 0.6) is 0 Å². The van der Waals surface area contributed by atoms with Gasteiger partial charge in [-0.15, -0.1) is 0 Å². The van der Waals surface area contributed by atoms with Crippen LogP contribution in [0.1, 0.15) is 21.5 Å². The van der Waals surface area contributed by atoms with Crippen LogP contribution in [0.2, 0.25) is 0 Å². The SMILES string of the molecule is Cc1ccc(N2C(=O)S[C@@H](Nc3ccccc3C(=O)O)C2=O)cc1C. The fourth-order valence-corrected chi connectivity index (χ4v) is 3.43. The van der Waals surface area contributed by atoms with Gasteiger partial charge in [0, 0.05) is 5.69 Å². The van der Waals surface area contributed by atoms with E-state index < -0.39 is 22.5 Å². The summed E-state index contributed by atoms with van der Waals surface area (Å²) in [6.07, 6.45) is 0. The molecule has 0 bridgehead atoms. The average Bonchev–Trinajstić information content (AvgIpc) is 2.84. The summed E-state index contributed by atoms with van der Waals surface area (Å²) in [4.78, 5) is 37.4. The number of hydrogen-bond donors (Lipinski definition) is 2. The van der Waals surface area contributed by atoms with Gasteiger partial charge in [-0.2, -0.15) is 0 Å². The molecule has 2 amide bonds. The van der Waals surface area contributed by atoms with Gasteiger partial charge in [-0.3, -0.25) is 9.59 Å². The second-order valence-corrected chi connectivity index (χ2v) is 6.76. The topological polar surface area (TPSA) is 86.7 Å². The number of nitrogens with one attached hydrogen (secondary N) is 1. The molecule has 0 saturated carbocycles. The molecule has 2 aromatic carbocycles. The maximum absolute atomic E-state index is 12.7. The molecule has 0 unspecified atom stereocenters. The number of hydrogen-bond acceptors (Lipinski definition) is 5. The summed E-state index contributed by atoms with van der Waals surface area (Å²) < 4.78 is 0. The Hall–Kier alpha value is -2.80. The first-order valence-corrected chi connectivity index (χ1v) is 8.47. The quantitative estimate of drug-likeness (QED) is 0.870. The number of thioether (sulfide) groups is 1. The van der Waals surface area contributed by atoms with Crippen molar-refractivity contribution in [1.29, 1.82) is 0 Å². The van der Waals surface area contributed by atoms with Crippen molar-refractivity contribution in [1.82, 2.24) is 0 Å². The highest BCUT2D eigenvalue weighted by Crippen LogP contribution is 2.33. The molecule has 0 spiro atoms. The van der Waals surface area contributed by atoms with Gasteiger partial charge in [-0.25, -0.2) is 9.69 Å². The predicted molar refractivity (Wildman–Crippen MR) is 97.2 cm³/mol. The lowest BCUT2D eigenvalue weighted by Gasteiger charge is -2.16. The van der Waals surface area contributed by atoms with E-state index in [1.807, 2.05) is 19.9 Å². The van der Waals surface area contributed by atoms with Crippen LogP contribution in [-0.2, 0) is 4.79 Å². The minimum Gasteiger partial charge on any atom is -0.478 e. The van der Waals surface area contributed by atoms with Crippen LogP contribution in [0.15, 0.2) is 42.5 Å². The van der Waals surface area contributed by atoms with E-state index in [9.17, 15) is 19.5 Å². The summed E-state index contributed by atoms with van der Waals surface area (Å²) in [5.74, 6) is -1.52. The van der Waals surface area contributed by atoms with Crippen molar-refractivity contribution >= 4 is 40.3 Å². The maximum atomic E-state index is 12.7. The highest BCUT2D eigenvalue weighted by atomic mass is 32.2. The van der Waals surface area contributed by atoms with Gasteiger partial charge in [0.15, 0.2) is 5.37 Å². The summed E-state index contributed by atoms with van der Waals surface area (Å²) in [7, 11) is 0. The van der Waals surface area contributed by atoms with Crippen molar-refractivity contribution in [3.63, 3.8) is 0 Å². The van der Waals surface area contributed by atoms with Gasteiger partial charge in [0.05, 0.1) is 11.3 Å². The minimum atomic E-state index is -1.10. The summed E-state index contributed by atoms with van der Waals surface area (Å²) in [6.45, 7) is 3.87. The number of carboxylic acid groups (broad SMARTS) is 1. The molecule has 1 heterocycles. The summed E-state index contributed by atoms with van der Waals surface area (Å²) in [5, 5.41) is 10.8. The number of amides is 2. The number of aromatic carboxylic acids is 1. The van der Waals surface area contributed by atoms with E-state index in [2.05, 4.69) is 5.32 Å². The van der Waals surface area contributed by atoms with Crippen LogP contribution >= 0.6 is 11.8 Å². The molecular weight excluding hydrogens is 340 g/mol. The van der Waals surface area contributed by atoms with Gasteiger partial charge in [0.2, 0.25) is 0 Å². The number of benzene rings is 2. The predicted octanol–water partition coefficient (Wildman–Crippen LogP) is 3.64. The Morgan fingerprint density at radius 2 is 1.84 bits per heavy atom. The zero-order valence-electron chi connectivity index (χ0n) is 13.6. The number of carboxylic acids is 1. The fraction of sp³-hybridized carbons (Fsp3) is 0.167. The molecule has 1 aliphatic heterocycles. The van der Waals surface area contributed by atoms with Crippen LogP contribution in [0.4, 0.5) is 16.2 Å². The van der Waals surface area contributed by atoms with E-state index in [-0.39, 0.29) is 5.56 Å². The number of anilines is 2. The normalized spacial score (nSPS) is 17.0. The second kappa shape index (κ2) is 6.60. The molecule has 3 rings (SSSR count). The molecule has 1 saturated heterocycles. The van der Waals surface area contributed by atoms with Crippen molar-refractivity contribution < 1.29 is 19.5 Å². The lowest BCUT2D eigenvalue weighted by Crippen LogP contribution is -2.34. The molecule has 1 aliphatic rings.